The minimum absolute atomic E-state index is 0.165. The van der Waals surface area contributed by atoms with Gasteiger partial charge in [-0.2, -0.15) is 0 Å². The van der Waals surface area contributed by atoms with E-state index in [1.807, 2.05) is 0 Å². The van der Waals surface area contributed by atoms with Gasteiger partial charge in [-0.1, -0.05) is 6.92 Å². The molecule has 4 nitrogen and oxygen atoms in total. The Balaban J connectivity index is 2.06. The molecule has 0 amide bonds. The first-order valence-corrected chi connectivity index (χ1v) is 6.06. The first kappa shape index (κ1) is 13.5. The smallest absolute Gasteiger partial charge is 0.305 e. The highest BCUT2D eigenvalue weighted by atomic mass is 16.6. The van der Waals surface area contributed by atoms with Crippen LogP contribution in [0.4, 0.5) is 0 Å². The molecule has 16 heavy (non-hydrogen) atoms. The molecule has 94 valence electrons. The van der Waals surface area contributed by atoms with Crippen molar-refractivity contribution >= 4 is 5.97 Å². The van der Waals surface area contributed by atoms with Crippen LogP contribution in [0.3, 0.4) is 0 Å². The van der Waals surface area contributed by atoms with E-state index < -0.39 is 0 Å². The van der Waals surface area contributed by atoms with Gasteiger partial charge >= 0.3 is 5.97 Å². The van der Waals surface area contributed by atoms with E-state index in [4.69, 9.17) is 14.2 Å². The zero-order valence-electron chi connectivity index (χ0n) is 10.2. The van der Waals surface area contributed by atoms with Crippen LogP contribution < -0.4 is 0 Å². The quantitative estimate of drug-likeness (QED) is 0.516. The summed E-state index contributed by atoms with van der Waals surface area (Å²) in [7, 11) is 1.75. The zero-order chi connectivity index (χ0) is 11.8. The van der Waals surface area contributed by atoms with Crippen LogP contribution in [0.2, 0.25) is 0 Å². The lowest BCUT2D eigenvalue weighted by atomic mass is 9.95. The molecule has 0 aromatic carbocycles. The maximum absolute atomic E-state index is 10.9. The average Bonchev–Trinajstić information content (AvgIpc) is 2.34. The van der Waals surface area contributed by atoms with Crippen LogP contribution >= 0.6 is 0 Å². The van der Waals surface area contributed by atoms with Crippen molar-refractivity contribution < 1.29 is 19.0 Å². The van der Waals surface area contributed by atoms with E-state index in [2.05, 4.69) is 0 Å². The second-order valence-electron chi connectivity index (χ2n) is 4.09. The van der Waals surface area contributed by atoms with E-state index >= 15 is 0 Å². The Labute approximate surface area is 97.2 Å². The van der Waals surface area contributed by atoms with Gasteiger partial charge in [-0.05, 0) is 25.7 Å². The molecule has 1 aliphatic rings. The lowest BCUT2D eigenvalue weighted by Crippen LogP contribution is -2.28. The predicted molar refractivity (Wildman–Crippen MR) is 60.3 cm³/mol. The van der Waals surface area contributed by atoms with Gasteiger partial charge in [0.15, 0.2) is 0 Å². The lowest BCUT2D eigenvalue weighted by molar-refractivity contribution is -0.146. The molecule has 0 aromatic heterocycles. The van der Waals surface area contributed by atoms with Crippen LogP contribution in [-0.2, 0) is 19.0 Å². The SMILES string of the molecule is CCC(=O)OCCOC1CCCC(OC)C1. The van der Waals surface area contributed by atoms with E-state index in [9.17, 15) is 4.79 Å². The Kier molecular flexibility index (Phi) is 6.42. The van der Waals surface area contributed by atoms with Crippen LogP contribution in [0.15, 0.2) is 0 Å². The second-order valence-corrected chi connectivity index (χ2v) is 4.09. The largest absolute Gasteiger partial charge is 0.463 e. The number of rotatable bonds is 6. The number of carbonyl (C=O) groups is 1. The van der Waals surface area contributed by atoms with E-state index in [0.717, 1.165) is 25.7 Å². The fourth-order valence-corrected chi connectivity index (χ4v) is 1.94. The topological polar surface area (TPSA) is 44.8 Å². The van der Waals surface area contributed by atoms with Gasteiger partial charge in [0.05, 0.1) is 18.8 Å². The lowest BCUT2D eigenvalue weighted by Gasteiger charge is -2.28. The molecule has 0 heterocycles. The van der Waals surface area contributed by atoms with Crippen molar-refractivity contribution in [3.05, 3.63) is 0 Å². The van der Waals surface area contributed by atoms with Crippen molar-refractivity contribution in [2.75, 3.05) is 20.3 Å². The fourth-order valence-electron chi connectivity index (χ4n) is 1.94. The molecule has 0 aromatic rings. The monoisotopic (exact) mass is 230 g/mol. The second kappa shape index (κ2) is 7.63. The molecule has 1 saturated carbocycles. The number of carbonyl (C=O) groups excluding carboxylic acids is 1. The zero-order valence-corrected chi connectivity index (χ0v) is 10.2. The molecule has 0 bridgehead atoms. The van der Waals surface area contributed by atoms with Crippen molar-refractivity contribution in [3.63, 3.8) is 0 Å². The number of hydrogen-bond donors (Lipinski definition) is 0. The summed E-state index contributed by atoms with van der Waals surface area (Å²) in [5.74, 6) is -0.165. The van der Waals surface area contributed by atoms with Gasteiger partial charge in [0.1, 0.15) is 6.61 Å². The maximum atomic E-state index is 10.9. The van der Waals surface area contributed by atoms with E-state index in [0.29, 0.717) is 25.7 Å². The summed E-state index contributed by atoms with van der Waals surface area (Å²) in [4.78, 5) is 10.9. The number of hydrogen-bond acceptors (Lipinski definition) is 4. The van der Waals surface area contributed by atoms with Crippen LogP contribution in [0, 0.1) is 0 Å². The Morgan fingerprint density at radius 3 is 2.69 bits per heavy atom. The van der Waals surface area contributed by atoms with Crippen molar-refractivity contribution in [2.24, 2.45) is 0 Å². The highest BCUT2D eigenvalue weighted by molar-refractivity contribution is 5.68. The molecular formula is C12H22O4. The predicted octanol–water partition coefficient (Wildman–Crippen LogP) is 1.91. The summed E-state index contributed by atoms with van der Waals surface area (Å²) in [5, 5.41) is 0. The standard InChI is InChI=1S/C12H22O4/c1-3-12(13)16-8-7-15-11-6-4-5-10(9-11)14-2/h10-11H,3-9H2,1-2H3. The van der Waals surface area contributed by atoms with Crippen molar-refractivity contribution in [3.8, 4) is 0 Å². The summed E-state index contributed by atoms with van der Waals surface area (Å²) in [6.07, 6.45) is 5.34. The molecule has 2 unspecified atom stereocenters. The fraction of sp³-hybridized carbons (Fsp3) is 0.917. The molecule has 0 spiro atoms. The van der Waals surface area contributed by atoms with Gasteiger partial charge in [-0.25, -0.2) is 0 Å². The van der Waals surface area contributed by atoms with Crippen molar-refractivity contribution in [1.82, 2.24) is 0 Å². The summed E-state index contributed by atoms with van der Waals surface area (Å²) in [5.41, 5.74) is 0. The summed E-state index contributed by atoms with van der Waals surface area (Å²) < 4.78 is 15.9. The molecule has 2 atom stereocenters. The van der Waals surface area contributed by atoms with E-state index in [-0.39, 0.29) is 12.1 Å². The first-order valence-electron chi connectivity index (χ1n) is 6.06. The van der Waals surface area contributed by atoms with Gasteiger partial charge in [0.25, 0.3) is 0 Å². The Bertz CT molecular complexity index is 205. The number of esters is 1. The van der Waals surface area contributed by atoms with Crippen LogP contribution in [0.1, 0.15) is 39.0 Å². The molecule has 1 rings (SSSR count). The van der Waals surface area contributed by atoms with Crippen molar-refractivity contribution in [1.29, 1.82) is 0 Å². The molecule has 0 radical (unpaired) electrons. The molecular weight excluding hydrogens is 208 g/mol. The highest BCUT2D eigenvalue weighted by Crippen LogP contribution is 2.22. The molecule has 1 aliphatic carbocycles. The van der Waals surface area contributed by atoms with Gasteiger partial charge in [-0.3, -0.25) is 4.79 Å². The minimum Gasteiger partial charge on any atom is -0.463 e. The van der Waals surface area contributed by atoms with Crippen LogP contribution in [-0.4, -0.2) is 38.5 Å². The number of methoxy groups -OCH3 is 1. The van der Waals surface area contributed by atoms with E-state index in [1.54, 1.807) is 14.0 Å². The summed E-state index contributed by atoms with van der Waals surface area (Å²) >= 11 is 0. The third-order valence-electron chi connectivity index (χ3n) is 2.90. The first-order chi connectivity index (χ1) is 7.76. The molecule has 0 N–H and O–H groups in total. The third kappa shape index (κ3) is 4.94. The van der Waals surface area contributed by atoms with E-state index in [1.165, 1.54) is 0 Å². The normalized spacial score (nSPS) is 25.4. The van der Waals surface area contributed by atoms with Crippen molar-refractivity contribution in [2.45, 2.75) is 51.2 Å². The molecule has 0 saturated heterocycles. The summed E-state index contributed by atoms with van der Waals surface area (Å²) in [6, 6.07) is 0. The third-order valence-corrected chi connectivity index (χ3v) is 2.90. The Hall–Kier alpha value is -0.610. The molecule has 4 heteroatoms. The van der Waals surface area contributed by atoms with Gasteiger partial charge < -0.3 is 14.2 Å². The molecule has 0 aliphatic heterocycles. The van der Waals surface area contributed by atoms with Crippen LogP contribution in [0.25, 0.3) is 0 Å². The Morgan fingerprint density at radius 2 is 2.00 bits per heavy atom. The molecule has 1 fully saturated rings. The minimum atomic E-state index is -0.165. The van der Waals surface area contributed by atoms with Gasteiger partial charge in [0, 0.05) is 13.5 Å². The summed E-state index contributed by atoms with van der Waals surface area (Å²) in [6.45, 7) is 2.64. The number of ether oxygens (including phenoxy) is 3. The van der Waals surface area contributed by atoms with Gasteiger partial charge in [-0.15, -0.1) is 0 Å². The highest BCUT2D eigenvalue weighted by Gasteiger charge is 2.21. The maximum Gasteiger partial charge on any atom is 0.305 e. The average molecular weight is 230 g/mol. The van der Waals surface area contributed by atoms with Crippen LogP contribution in [0.5, 0.6) is 0 Å². The Morgan fingerprint density at radius 1 is 1.25 bits per heavy atom. The van der Waals surface area contributed by atoms with Gasteiger partial charge in [0.2, 0.25) is 0 Å².